The lowest BCUT2D eigenvalue weighted by molar-refractivity contribution is -0.117. The molecule has 1 aromatic carbocycles. The average Bonchev–Trinajstić information content (AvgIpc) is 2.49. The van der Waals surface area contributed by atoms with Crippen LogP contribution in [0.15, 0.2) is 42.6 Å². The predicted octanol–water partition coefficient (Wildman–Crippen LogP) is 3.79. The normalized spacial score (nSPS) is 17.4. The first kappa shape index (κ1) is 13.1. The number of carbonyl (C=O) groups is 1. The standard InChI is InChI=1S/C16H15ClN2O/c17-12-8-9-15(18-10-12)19-16(20)14-7-3-5-11-4-1-2-6-13(11)14/h1-2,4,6,8-10,14H,3,5,7H2,(H,18,19,20). The third-order valence-corrected chi connectivity index (χ3v) is 3.89. The van der Waals surface area contributed by atoms with E-state index in [1.807, 2.05) is 18.2 Å². The molecule has 3 rings (SSSR count). The summed E-state index contributed by atoms with van der Waals surface area (Å²) in [7, 11) is 0. The minimum Gasteiger partial charge on any atom is -0.310 e. The van der Waals surface area contributed by atoms with Crippen LogP contribution < -0.4 is 5.32 Å². The summed E-state index contributed by atoms with van der Waals surface area (Å²) in [5, 5.41) is 3.43. The van der Waals surface area contributed by atoms with Crippen LogP contribution in [0.1, 0.15) is 29.9 Å². The van der Waals surface area contributed by atoms with Crippen LogP contribution in [0, 0.1) is 0 Å². The Labute approximate surface area is 123 Å². The van der Waals surface area contributed by atoms with Crippen molar-refractivity contribution in [2.24, 2.45) is 0 Å². The number of rotatable bonds is 2. The molecule has 2 aromatic rings. The number of nitrogens with zero attached hydrogens (tertiary/aromatic N) is 1. The first-order valence-corrected chi connectivity index (χ1v) is 7.12. The molecule has 0 fully saturated rings. The molecule has 0 saturated carbocycles. The molecular formula is C16H15ClN2O. The van der Waals surface area contributed by atoms with E-state index in [0.717, 1.165) is 24.8 Å². The van der Waals surface area contributed by atoms with E-state index in [4.69, 9.17) is 11.6 Å². The van der Waals surface area contributed by atoms with Crippen LogP contribution in [0.5, 0.6) is 0 Å². The Bertz CT molecular complexity index is 625. The van der Waals surface area contributed by atoms with Crippen LogP contribution in [0.4, 0.5) is 5.82 Å². The molecule has 1 amide bonds. The number of carbonyl (C=O) groups excluding carboxylic acids is 1. The maximum absolute atomic E-state index is 12.4. The molecule has 4 heteroatoms. The second kappa shape index (κ2) is 5.63. The van der Waals surface area contributed by atoms with Crippen LogP contribution in [0.2, 0.25) is 5.02 Å². The molecule has 0 saturated heterocycles. The second-order valence-corrected chi connectivity index (χ2v) is 5.43. The van der Waals surface area contributed by atoms with Crippen LogP contribution in [-0.2, 0) is 11.2 Å². The molecular weight excluding hydrogens is 272 g/mol. The van der Waals surface area contributed by atoms with Crippen molar-refractivity contribution in [3.8, 4) is 0 Å². The smallest absolute Gasteiger partial charge is 0.233 e. The maximum atomic E-state index is 12.4. The number of benzene rings is 1. The van der Waals surface area contributed by atoms with Crippen molar-refractivity contribution in [3.05, 3.63) is 58.7 Å². The average molecular weight is 287 g/mol. The summed E-state index contributed by atoms with van der Waals surface area (Å²) in [6, 6.07) is 11.6. The molecule has 0 radical (unpaired) electrons. The number of halogens is 1. The summed E-state index contributed by atoms with van der Waals surface area (Å²) in [6.45, 7) is 0. The highest BCUT2D eigenvalue weighted by Gasteiger charge is 2.26. The summed E-state index contributed by atoms with van der Waals surface area (Å²) in [4.78, 5) is 16.5. The Kier molecular flexibility index (Phi) is 3.70. The van der Waals surface area contributed by atoms with Crippen LogP contribution in [0.3, 0.4) is 0 Å². The predicted molar refractivity (Wildman–Crippen MR) is 80.0 cm³/mol. The van der Waals surface area contributed by atoms with Gasteiger partial charge in [-0.25, -0.2) is 4.98 Å². The van der Waals surface area contributed by atoms with Crippen molar-refractivity contribution in [3.63, 3.8) is 0 Å². The van der Waals surface area contributed by atoms with Gasteiger partial charge in [0.15, 0.2) is 0 Å². The summed E-state index contributed by atoms with van der Waals surface area (Å²) in [5.74, 6) is 0.465. The fraction of sp³-hybridized carbons (Fsp3) is 0.250. The van der Waals surface area contributed by atoms with Crippen molar-refractivity contribution in [1.82, 2.24) is 4.98 Å². The lowest BCUT2D eigenvalue weighted by Gasteiger charge is -2.24. The van der Waals surface area contributed by atoms with Crippen molar-refractivity contribution < 1.29 is 4.79 Å². The zero-order chi connectivity index (χ0) is 13.9. The van der Waals surface area contributed by atoms with Gasteiger partial charge in [0.2, 0.25) is 5.91 Å². The molecule has 3 nitrogen and oxygen atoms in total. The van der Waals surface area contributed by atoms with Crippen LogP contribution in [-0.4, -0.2) is 10.9 Å². The van der Waals surface area contributed by atoms with E-state index in [1.165, 1.54) is 11.8 Å². The fourth-order valence-electron chi connectivity index (χ4n) is 2.69. The highest BCUT2D eigenvalue weighted by atomic mass is 35.5. The summed E-state index contributed by atoms with van der Waals surface area (Å²) < 4.78 is 0. The van der Waals surface area contributed by atoms with E-state index in [2.05, 4.69) is 16.4 Å². The Morgan fingerprint density at radius 1 is 1.25 bits per heavy atom. The van der Waals surface area contributed by atoms with E-state index in [1.54, 1.807) is 12.1 Å². The van der Waals surface area contributed by atoms with Gasteiger partial charge in [0, 0.05) is 6.20 Å². The van der Waals surface area contributed by atoms with Crippen LogP contribution >= 0.6 is 11.6 Å². The van der Waals surface area contributed by atoms with Crippen molar-refractivity contribution in [1.29, 1.82) is 0 Å². The van der Waals surface area contributed by atoms with Crippen molar-refractivity contribution in [2.75, 3.05) is 5.32 Å². The maximum Gasteiger partial charge on any atom is 0.233 e. The Hall–Kier alpha value is -1.87. The number of anilines is 1. The molecule has 1 aliphatic carbocycles. The summed E-state index contributed by atoms with van der Waals surface area (Å²) in [6.07, 6.45) is 4.52. The Morgan fingerprint density at radius 2 is 2.10 bits per heavy atom. The highest BCUT2D eigenvalue weighted by Crippen LogP contribution is 2.32. The van der Waals surface area contributed by atoms with Gasteiger partial charge in [0.25, 0.3) is 0 Å². The molecule has 1 atom stereocenters. The summed E-state index contributed by atoms with van der Waals surface area (Å²) >= 11 is 5.79. The number of hydrogen-bond donors (Lipinski definition) is 1. The number of hydrogen-bond acceptors (Lipinski definition) is 2. The Balaban J connectivity index is 1.80. The highest BCUT2D eigenvalue weighted by molar-refractivity contribution is 6.30. The number of pyridine rings is 1. The first-order valence-electron chi connectivity index (χ1n) is 6.74. The fourth-order valence-corrected chi connectivity index (χ4v) is 2.80. The molecule has 1 aromatic heterocycles. The van der Waals surface area contributed by atoms with Gasteiger partial charge < -0.3 is 5.32 Å². The molecule has 1 aliphatic rings. The largest absolute Gasteiger partial charge is 0.310 e. The monoisotopic (exact) mass is 286 g/mol. The van der Waals surface area contributed by atoms with Gasteiger partial charge in [-0.2, -0.15) is 0 Å². The third kappa shape index (κ3) is 2.68. The molecule has 0 spiro atoms. The lowest BCUT2D eigenvalue weighted by atomic mass is 9.82. The van der Waals surface area contributed by atoms with Gasteiger partial charge in [-0.15, -0.1) is 0 Å². The number of nitrogens with one attached hydrogen (secondary N) is 1. The number of fused-ring (bicyclic) bond motifs is 1. The van der Waals surface area contributed by atoms with Gasteiger partial charge in [-0.3, -0.25) is 4.79 Å². The quantitative estimate of drug-likeness (QED) is 0.912. The molecule has 0 bridgehead atoms. The van der Waals surface area contributed by atoms with Crippen molar-refractivity contribution in [2.45, 2.75) is 25.2 Å². The number of amides is 1. The zero-order valence-electron chi connectivity index (χ0n) is 11.0. The molecule has 0 aliphatic heterocycles. The number of aryl methyl sites for hydroxylation is 1. The lowest BCUT2D eigenvalue weighted by Crippen LogP contribution is -2.25. The van der Waals surface area contributed by atoms with Gasteiger partial charge in [-0.05, 0) is 42.5 Å². The number of aromatic nitrogens is 1. The molecule has 20 heavy (non-hydrogen) atoms. The van der Waals surface area contributed by atoms with Gasteiger partial charge in [0.05, 0.1) is 10.9 Å². The van der Waals surface area contributed by atoms with Gasteiger partial charge in [-0.1, -0.05) is 35.9 Å². The first-order chi connectivity index (χ1) is 9.74. The van der Waals surface area contributed by atoms with E-state index in [-0.39, 0.29) is 11.8 Å². The van der Waals surface area contributed by atoms with Gasteiger partial charge in [0.1, 0.15) is 5.82 Å². The van der Waals surface area contributed by atoms with E-state index >= 15 is 0 Å². The topological polar surface area (TPSA) is 42.0 Å². The van der Waals surface area contributed by atoms with Crippen molar-refractivity contribution >= 4 is 23.3 Å². The van der Waals surface area contributed by atoms with E-state index in [9.17, 15) is 4.79 Å². The van der Waals surface area contributed by atoms with Crippen LogP contribution in [0.25, 0.3) is 0 Å². The third-order valence-electron chi connectivity index (χ3n) is 3.66. The molecule has 1 N–H and O–H groups in total. The minimum absolute atomic E-state index is 0.00646. The zero-order valence-corrected chi connectivity index (χ0v) is 11.7. The van der Waals surface area contributed by atoms with E-state index in [0.29, 0.717) is 10.8 Å². The summed E-state index contributed by atoms with van der Waals surface area (Å²) in [5.41, 5.74) is 2.42. The minimum atomic E-state index is -0.0857. The SMILES string of the molecule is O=C(Nc1ccc(Cl)cn1)C1CCCc2ccccc21. The van der Waals surface area contributed by atoms with Gasteiger partial charge >= 0.3 is 0 Å². The Morgan fingerprint density at radius 3 is 2.90 bits per heavy atom. The second-order valence-electron chi connectivity index (χ2n) is 4.99. The molecule has 1 heterocycles. The molecule has 1 unspecified atom stereocenters. The molecule has 102 valence electrons. The van der Waals surface area contributed by atoms with E-state index < -0.39 is 0 Å².